The fraction of sp³-hybridized carbons (Fsp3) is 0.200. The molecule has 0 amide bonds. The molecule has 1 aliphatic rings. The second kappa shape index (κ2) is 5.99. The summed E-state index contributed by atoms with van der Waals surface area (Å²) in [4.78, 5) is 0. The highest BCUT2D eigenvalue weighted by Gasteiger charge is 2.37. The van der Waals surface area contributed by atoms with Gasteiger partial charge in [-0.05, 0) is 17.7 Å². The van der Waals surface area contributed by atoms with Gasteiger partial charge in [0.05, 0.1) is 0 Å². The lowest BCUT2D eigenvalue weighted by atomic mass is 9.94. The van der Waals surface area contributed by atoms with E-state index in [9.17, 15) is 28.8 Å². The van der Waals surface area contributed by atoms with Crippen molar-refractivity contribution in [1.82, 2.24) is 0 Å². The summed E-state index contributed by atoms with van der Waals surface area (Å²) in [6.07, 6.45) is -2.53. The molecule has 134 valence electrons. The van der Waals surface area contributed by atoms with Crippen molar-refractivity contribution >= 4 is 10.4 Å². The summed E-state index contributed by atoms with van der Waals surface area (Å²) in [5, 5.41) is 38.5. The Balaban J connectivity index is 2.07. The molecular formula is C15H14O9S. The van der Waals surface area contributed by atoms with Gasteiger partial charge in [-0.15, -0.1) is 0 Å². The second-order valence-corrected chi connectivity index (χ2v) is 6.54. The highest BCUT2D eigenvalue weighted by atomic mass is 32.3. The summed E-state index contributed by atoms with van der Waals surface area (Å²) in [5.74, 6) is -1.35. The van der Waals surface area contributed by atoms with E-state index in [2.05, 4.69) is 4.18 Å². The van der Waals surface area contributed by atoms with Crippen LogP contribution in [0.15, 0.2) is 30.3 Å². The maximum atomic E-state index is 11.1. The van der Waals surface area contributed by atoms with E-state index in [1.165, 1.54) is 18.2 Å². The van der Waals surface area contributed by atoms with Crippen LogP contribution in [0.5, 0.6) is 28.7 Å². The number of fused-ring (bicyclic) bond motifs is 1. The van der Waals surface area contributed by atoms with E-state index in [4.69, 9.17) is 9.29 Å². The Morgan fingerprint density at radius 1 is 1.00 bits per heavy atom. The first-order valence-corrected chi connectivity index (χ1v) is 8.39. The lowest BCUT2D eigenvalue weighted by molar-refractivity contribution is 0.0333. The Morgan fingerprint density at radius 2 is 1.72 bits per heavy atom. The van der Waals surface area contributed by atoms with Crippen molar-refractivity contribution in [2.24, 2.45) is 0 Å². The maximum absolute atomic E-state index is 11.1. The number of phenols is 4. The second-order valence-electron chi connectivity index (χ2n) is 5.49. The lowest BCUT2D eigenvalue weighted by Gasteiger charge is -2.33. The van der Waals surface area contributed by atoms with Crippen LogP contribution >= 0.6 is 0 Å². The number of hydrogen-bond donors (Lipinski definition) is 5. The van der Waals surface area contributed by atoms with Crippen LogP contribution in [0.2, 0.25) is 0 Å². The van der Waals surface area contributed by atoms with Crippen molar-refractivity contribution < 1.29 is 42.3 Å². The zero-order chi connectivity index (χ0) is 18.4. The van der Waals surface area contributed by atoms with Gasteiger partial charge in [-0.25, -0.2) is 4.18 Å². The van der Waals surface area contributed by atoms with Gasteiger partial charge in [0.1, 0.15) is 23.4 Å². The lowest BCUT2D eigenvalue weighted by Crippen LogP contribution is -2.34. The Bertz CT molecular complexity index is 923. The van der Waals surface area contributed by atoms with Gasteiger partial charge in [0.2, 0.25) is 0 Å². The maximum Gasteiger partial charge on any atom is 0.397 e. The summed E-state index contributed by atoms with van der Waals surface area (Å²) in [6.45, 7) is 0. The van der Waals surface area contributed by atoms with Crippen molar-refractivity contribution in [3.63, 3.8) is 0 Å². The molecule has 0 bridgehead atoms. The average Bonchev–Trinajstić information content (AvgIpc) is 2.48. The average molecular weight is 370 g/mol. The monoisotopic (exact) mass is 370 g/mol. The van der Waals surface area contributed by atoms with Crippen LogP contribution in [0.3, 0.4) is 0 Å². The van der Waals surface area contributed by atoms with Crippen LogP contribution in [-0.2, 0) is 21.0 Å². The zero-order valence-corrected chi connectivity index (χ0v) is 13.3. The normalized spacial score (nSPS) is 19.9. The highest BCUT2D eigenvalue weighted by molar-refractivity contribution is 7.80. The van der Waals surface area contributed by atoms with Gasteiger partial charge in [-0.1, -0.05) is 6.07 Å². The molecule has 2 aromatic carbocycles. The molecule has 2 aromatic rings. The molecule has 0 spiro atoms. The third-order valence-electron chi connectivity index (χ3n) is 3.74. The Kier molecular flexibility index (Phi) is 4.11. The molecule has 2 atom stereocenters. The third kappa shape index (κ3) is 3.55. The molecule has 3 rings (SSSR count). The molecule has 9 nitrogen and oxygen atoms in total. The molecule has 0 unspecified atom stereocenters. The number of aromatic hydroxyl groups is 4. The summed E-state index contributed by atoms with van der Waals surface area (Å²) in [5.41, 5.74) is 0.433. The largest absolute Gasteiger partial charge is 0.508 e. The van der Waals surface area contributed by atoms with Gasteiger partial charge in [0.25, 0.3) is 0 Å². The minimum atomic E-state index is -4.83. The molecular weight excluding hydrogens is 356 g/mol. The number of phenolic OH excluding ortho intramolecular Hbond substituents is 4. The van der Waals surface area contributed by atoms with E-state index in [-0.39, 0.29) is 40.5 Å². The predicted molar refractivity (Wildman–Crippen MR) is 83.0 cm³/mol. The van der Waals surface area contributed by atoms with Gasteiger partial charge in [0.15, 0.2) is 17.6 Å². The van der Waals surface area contributed by atoms with Crippen LogP contribution in [0.4, 0.5) is 0 Å². The first-order chi connectivity index (χ1) is 11.6. The van der Waals surface area contributed by atoms with Crippen LogP contribution in [0.1, 0.15) is 17.2 Å². The molecule has 1 aliphatic heterocycles. The van der Waals surface area contributed by atoms with Gasteiger partial charge in [-0.3, -0.25) is 4.55 Å². The first kappa shape index (κ1) is 17.1. The first-order valence-electron chi connectivity index (χ1n) is 7.03. The van der Waals surface area contributed by atoms with Crippen LogP contribution in [0, 0.1) is 0 Å². The Morgan fingerprint density at radius 3 is 2.36 bits per heavy atom. The van der Waals surface area contributed by atoms with Crippen LogP contribution in [-0.4, -0.2) is 39.5 Å². The van der Waals surface area contributed by atoms with Gasteiger partial charge in [-0.2, -0.15) is 8.42 Å². The molecule has 0 aliphatic carbocycles. The summed E-state index contributed by atoms with van der Waals surface area (Å²) in [7, 11) is -4.83. The molecule has 0 fully saturated rings. The van der Waals surface area contributed by atoms with E-state index in [0.29, 0.717) is 0 Å². The molecule has 0 radical (unpaired) electrons. The quantitative estimate of drug-likeness (QED) is 0.398. The standard InChI is InChI=1S/C15H14O9S/c16-8-4-11(18)9-6-14(24-25(20,21)22)15(23-13(9)5-8)7-1-2-10(17)12(19)3-7/h1-5,14-19H,6H2,(H,20,21,22)/t14-,15+/m0/s1. The SMILES string of the molecule is O=S(=O)(O)O[C@H]1Cc2c(O)cc(O)cc2O[C@@H]1c1ccc(O)c(O)c1. The topological polar surface area (TPSA) is 154 Å². The molecule has 1 heterocycles. The van der Waals surface area contributed by atoms with Crippen molar-refractivity contribution in [3.05, 3.63) is 41.5 Å². The molecule has 0 saturated carbocycles. The van der Waals surface area contributed by atoms with E-state index in [1.54, 1.807) is 0 Å². The minimum Gasteiger partial charge on any atom is -0.508 e. The Hall–Kier alpha value is -2.69. The van der Waals surface area contributed by atoms with Gasteiger partial charge < -0.3 is 25.2 Å². The van der Waals surface area contributed by atoms with Gasteiger partial charge >= 0.3 is 10.4 Å². The predicted octanol–water partition coefficient (Wildman–Crippen LogP) is 1.37. The van der Waals surface area contributed by atoms with E-state index >= 15 is 0 Å². The summed E-state index contributed by atoms with van der Waals surface area (Å²) >= 11 is 0. The zero-order valence-electron chi connectivity index (χ0n) is 12.5. The van der Waals surface area contributed by atoms with E-state index in [1.807, 2.05) is 0 Å². The van der Waals surface area contributed by atoms with Gasteiger partial charge in [0, 0.05) is 24.1 Å². The number of ether oxygens (including phenoxy) is 1. The highest BCUT2D eigenvalue weighted by Crippen LogP contribution is 2.43. The molecule has 5 N–H and O–H groups in total. The van der Waals surface area contributed by atoms with Crippen molar-refractivity contribution in [2.45, 2.75) is 18.6 Å². The van der Waals surface area contributed by atoms with Crippen LogP contribution < -0.4 is 4.74 Å². The fourth-order valence-corrected chi connectivity index (χ4v) is 3.17. The smallest absolute Gasteiger partial charge is 0.397 e. The number of rotatable bonds is 3. The van der Waals surface area contributed by atoms with E-state index in [0.717, 1.165) is 12.1 Å². The minimum absolute atomic E-state index is 0.0882. The Labute approximate surface area is 142 Å². The molecule has 0 saturated heterocycles. The number of benzene rings is 2. The van der Waals surface area contributed by atoms with E-state index < -0.39 is 28.4 Å². The molecule has 0 aromatic heterocycles. The van der Waals surface area contributed by atoms with Crippen molar-refractivity contribution in [2.75, 3.05) is 0 Å². The third-order valence-corrected chi connectivity index (χ3v) is 4.23. The number of hydrogen-bond acceptors (Lipinski definition) is 8. The van der Waals surface area contributed by atoms with Crippen molar-refractivity contribution in [1.29, 1.82) is 0 Å². The molecule has 10 heteroatoms. The fourth-order valence-electron chi connectivity index (χ4n) is 2.69. The summed E-state index contributed by atoms with van der Waals surface area (Å²) in [6, 6.07) is 5.97. The summed E-state index contributed by atoms with van der Waals surface area (Å²) < 4.78 is 41.5. The van der Waals surface area contributed by atoms with Crippen molar-refractivity contribution in [3.8, 4) is 28.7 Å². The van der Waals surface area contributed by atoms with Crippen LogP contribution in [0.25, 0.3) is 0 Å². The molecule has 25 heavy (non-hydrogen) atoms.